The molecule has 7 nitrogen and oxygen atoms in total. The number of carbonyl (C=O) groups excluding carboxylic acids is 3. The first kappa shape index (κ1) is 21.5. The minimum Gasteiger partial charge on any atom is -0.452 e. The van der Waals surface area contributed by atoms with E-state index in [1.807, 2.05) is 27.7 Å². The molecule has 0 unspecified atom stereocenters. The lowest BCUT2D eigenvalue weighted by atomic mass is 10.1. The molecule has 0 aliphatic carbocycles. The van der Waals surface area contributed by atoms with Gasteiger partial charge in [-0.25, -0.2) is 9.59 Å². The summed E-state index contributed by atoms with van der Waals surface area (Å²) in [6.07, 6.45) is 1.85. The van der Waals surface area contributed by atoms with Gasteiger partial charge in [-0.1, -0.05) is 25.5 Å². The fourth-order valence-corrected chi connectivity index (χ4v) is 2.29. The van der Waals surface area contributed by atoms with Crippen LogP contribution in [-0.4, -0.2) is 36.6 Å². The van der Waals surface area contributed by atoms with Crippen molar-refractivity contribution in [2.75, 3.05) is 6.61 Å². The molecule has 0 heterocycles. The number of hydrogen-bond donors (Lipinski definition) is 3. The highest BCUT2D eigenvalue weighted by molar-refractivity contribution is 5.91. The average Bonchev–Trinajstić information content (AvgIpc) is 2.58. The molecule has 144 valence electrons. The number of ether oxygens (including phenoxy) is 1. The number of rotatable bonds is 9. The Kier molecular flexibility index (Phi) is 9.19. The van der Waals surface area contributed by atoms with E-state index in [1.54, 1.807) is 24.3 Å². The quantitative estimate of drug-likeness (QED) is 0.587. The fraction of sp³-hybridized carbons (Fsp3) is 0.526. The smallest absolute Gasteiger partial charge is 0.338 e. The lowest BCUT2D eigenvalue weighted by Gasteiger charge is -2.13. The summed E-state index contributed by atoms with van der Waals surface area (Å²) in [5, 5.41) is 8.23. The Bertz CT molecular complexity index is 599. The van der Waals surface area contributed by atoms with Crippen LogP contribution < -0.4 is 16.0 Å². The maximum absolute atomic E-state index is 12.0. The van der Waals surface area contributed by atoms with E-state index in [-0.39, 0.29) is 30.6 Å². The number of nitrogens with one attached hydrogen (secondary N) is 3. The van der Waals surface area contributed by atoms with Crippen molar-refractivity contribution in [1.29, 1.82) is 0 Å². The molecular formula is C19H29N3O4. The van der Waals surface area contributed by atoms with Crippen LogP contribution in [0.5, 0.6) is 0 Å². The number of hydrogen-bond acceptors (Lipinski definition) is 4. The van der Waals surface area contributed by atoms with Gasteiger partial charge in [-0.3, -0.25) is 4.79 Å². The van der Waals surface area contributed by atoms with E-state index in [1.165, 1.54) is 0 Å². The molecule has 0 aliphatic rings. The maximum Gasteiger partial charge on any atom is 0.338 e. The van der Waals surface area contributed by atoms with Crippen molar-refractivity contribution in [3.63, 3.8) is 0 Å². The summed E-state index contributed by atoms with van der Waals surface area (Å²) < 4.78 is 5.02. The highest BCUT2D eigenvalue weighted by Gasteiger charge is 2.12. The van der Waals surface area contributed by atoms with Gasteiger partial charge in [0.05, 0.1) is 5.56 Å². The normalized spacial score (nSPS) is 11.6. The zero-order valence-corrected chi connectivity index (χ0v) is 15.9. The van der Waals surface area contributed by atoms with Crippen molar-refractivity contribution in [2.24, 2.45) is 0 Å². The summed E-state index contributed by atoms with van der Waals surface area (Å²) in [6, 6.07) is 6.56. The van der Waals surface area contributed by atoms with Gasteiger partial charge in [0.25, 0.3) is 5.91 Å². The van der Waals surface area contributed by atoms with Crippen molar-refractivity contribution in [3.05, 3.63) is 35.4 Å². The van der Waals surface area contributed by atoms with E-state index in [2.05, 4.69) is 16.0 Å². The Labute approximate surface area is 154 Å². The van der Waals surface area contributed by atoms with Crippen LogP contribution in [-0.2, 0) is 16.1 Å². The molecule has 0 aliphatic heterocycles. The Balaban J connectivity index is 2.41. The van der Waals surface area contributed by atoms with E-state index in [0.29, 0.717) is 12.1 Å². The van der Waals surface area contributed by atoms with Gasteiger partial charge in [0.2, 0.25) is 0 Å². The van der Waals surface area contributed by atoms with E-state index in [9.17, 15) is 14.4 Å². The zero-order valence-electron chi connectivity index (χ0n) is 15.9. The summed E-state index contributed by atoms with van der Waals surface area (Å²) in [6.45, 7) is 7.77. The van der Waals surface area contributed by atoms with Gasteiger partial charge in [-0.2, -0.15) is 0 Å². The second-order valence-electron chi connectivity index (χ2n) is 6.51. The average molecular weight is 363 g/mol. The van der Waals surface area contributed by atoms with Crippen LogP contribution in [0.1, 0.15) is 56.5 Å². The van der Waals surface area contributed by atoms with Gasteiger partial charge in [-0.05, 0) is 44.9 Å². The minimum absolute atomic E-state index is 0.0610. The number of benzene rings is 1. The van der Waals surface area contributed by atoms with Crippen LogP contribution in [0.3, 0.4) is 0 Å². The third-order valence-corrected chi connectivity index (χ3v) is 3.53. The molecule has 1 aromatic carbocycles. The van der Waals surface area contributed by atoms with Crippen molar-refractivity contribution in [3.8, 4) is 0 Å². The molecule has 0 saturated heterocycles. The van der Waals surface area contributed by atoms with Crippen LogP contribution in [0, 0.1) is 0 Å². The molecule has 3 amide bonds. The Morgan fingerprint density at radius 2 is 1.69 bits per heavy atom. The summed E-state index contributed by atoms with van der Waals surface area (Å²) in [7, 11) is 0. The Hall–Kier alpha value is -2.57. The molecule has 0 saturated carbocycles. The van der Waals surface area contributed by atoms with E-state index < -0.39 is 5.97 Å². The molecule has 0 spiro atoms. The summed E-state index contributed by atoms with van der Waals surface area (Å²) >= 11 is 0. The van der Waals surface area contributed by atoms with Crippen LogP contribution in [0.15, 0.2) is 24.3 Å². The number of urea groups is 1. The van der Waals surface area contributed by atoms with Crippen LogP contribution >= 0.6 is 0 Å². The largest absolute Gasteiger partial charge is 0.452 e. The third kappa shape index (κ3) is 8.50. The molecule has 1 atom stereocenters. The van der Waals surface area contributed by atoms with Crippen molar-refractivity contribution < 1.29 is 19.1 Å². The SMILES string of the molecule is CCC[C@H](C)NC(=O)COC(=O)c1ccc(CNC(=O)NC(C)C)cc1. The first-order valence-corrected chi connectivity index (χ1v) is 8.91. The van der Waals surface area contributed by atoms with Gasteiger partial charge in [-0.15, -0.1) is 0 Å². The van der Waals surface area contributed by atoms with Gasteiger partial charge in [0, 0.05) is 18.6 Å². The molecule has 0 fully saturated rings. The Morgan fingerprint density at radius 3 is 2.27 bits per heavy atom. The monoisotopic (exact) mass is 363 g/mol. The second kappa shape index (κ2) is 11.1. The molecule has 1 rings (SSSR count). The molecule has 26 heavy (non-hydrogen) atoms. The topological polar surface area (TPSA) is 96.5 Å². The van der Waals surface area contributed by atoms with Gasteiger partial charge < -0.3 is 20.7 Å². The molecule has 0 aromatic heterocycles. The summed E-state index contributed by atoms with van der Waals surface area (Å²) in [5.74, 6) is -0.864. The van der Waals surface area contributed by atoms with Gasteiger partial charge >= 0.3 is 12.0 Å². The first-order chi connectivity index (χ1) is 12.3. The predicted molar refractivity (Wildman–Crippen MR) is 99.7 cm³/mol. The molecular weight excluding hydrogens is 334 g/mol. The standard InChI is InChI=1S/C19H29N3O4/c1-5-6-14(4)22-17(23)12-26-18(24)16-9-7-15(8-10-16)11-20-19(25)21-13(2)3/h7-10,13-14H,5-6,11-12H2,1-4H3,(H,22,23)(H2,20,21,25)/t14-/m0/s1. The minimum atomic E-state index is -0.555. The molecule has 1 aromatic rings. The molecule has 0 radical (unpaired) electrons. The number of esters is 1. The lowest BCUT2D eigenvalue weighted by Crippen LogP contribution is -2.39. The van der Waals surface area contributed by atoms with Crippen molar-refractivity contribution >= 4 is 17.9 Å². The third-order valence-electron chi connectivity index (χ3n) is 3.53. The van der Waals surface area contributed by atoms with E-state index >= 15 is 0 Å². The molecule has 3 N–H and O–H groups in total. The Morgan fingerprint density at radius 1 is 1.04 bits per heavy atom. The summed E-state index contributed by atoms with van der Waals surface area (Å²) in [4.78, 5) is 35.2. The van der Waals surface area contributed by atoms with Crippen LogP contribution in [0.4, 0.5) is 4.79 Å². The van der Waals surface area contributed by atoms with E-state index in [4.69, 9.17) is 4.74 Å². The fourth-order valence-electron chi connectivity index (χ4n) is 2.29. The number of carbonyl (C=O) groups is 3. The second-order valence-corrected chi connectivity index (χ2v) is 6.51. The zero-order chi connectivity index (χ0) is 19.5. The van der Waals surface area contributed by atoms with Crippen LogP contribution in [0.2, 0.25) is 0 Å². The van der Waals surface area contributed by atoms with E-state index in [0.717, 1.165) is 18.4 Å². The maximum atomic E-state index is 12.0. The summed E-state index contributed by atoms with van der Waals surface area (Å²) in [5.41, 5.74) is 1.21. The highest BCUT2D eigenvalue weighted by Crippen LogP contribution is 2.06. The van der Waals surface area contributed by atoms with Crippen molar-refractivity contribution in [1.82, 2.24) is 16.0 Å². The lowest BCUT2D eigenvalue weighted by molar-refractivity contribution is -0.124. The van der Waals surface area contributed by atoms with Crippen LogP contribution in [0.25, 0.3) is 0 Å². The first-order valence-electron chi connectivity index (χ1n) is 8.91. The van der Waals surface area contributed by atoms with Crippen molar-refractivity contribution in [2.45, 2.75) is 59.2 Å². The van der Waals surface area contributed by atoms with Gasteiger partial charge in [0.1, 0.15) is 0 Å². The predicted octanol–water partition coefficient (Wildman–Crippen LogP) is 2.36. The number of amides is 3. The molecule has 7 heteroatoms. The molecule has 0 bridgehead atoms. The highest BCUT2D eigenvalue weighted by atomic mass is 16.5. The van der Waals surface area contributed by atoms with Gasteiger partial charge in [0.15, 0.2) is 6.61 Å².